The quantitative estimate of drug-likeness (QED) is 0.774. The second kappa shape index (κ2) is 8.23. The monoisotopic (exact) mass is 425 g/mol. The van der Waals surface area contributed by atoms with Crippen LogP contribution in [0, 0.1) is 4.78 Å². The molecule has 0 saturated carbocycles. The van der Waals surface area contributed by atoms with Crippen molar-refractivity contribution < 1.29 is 22.7 Å². The molecule has 156 valence electrons. The molecule has 9 heteroatoms. The first-order valence-electron chi connectivity index (χ1n) is 8.94. The second-order valence-electron chi connectivity index (χ2n) is 7.23. The number of nitrogens with zero attached hydrogens (tertiary/aromatic N) is 2. The van der Waals surface area contributed by atoms with Crippen molar-refractivity contribution in [3.8, 4) is 11.1 Å². The topological polar surface area (TPSA) is 66.3 Å². The van der Waals surface area contributed by atoms with Gasteiger partial charge in [-0.05, 0) is 37.3 Å². The number of rotatable bonds is 5. The maximum Gasteiger partial charge on any atom is 0.315 e. The molecule has 1 aromatic heterocycles. The number of pyridine rings is 1. The molecule has 0 radical (unpaired) electrons. The van der Waals surface area contributed by atoms with Crippen LogP contribution in [0.25, 0.3) is 11.1 Å². The fourth-order valence-electron chi connectivity index (χ4n) is 3.55. The largest absolute Gasteiger partial charge is 0.346 e. The molecule has 1 N–H and O–H groups in total. The molecule has 1 aromatic carbocycles. The van der Waals surface area contributed by atoms with E-state index in [0.29, 0.717) is 10.6 Å². The van der Waals surface area contributed by atoms with E-state index >= 15 is 0 Å². The van der Waals surface area contributed by atoms with Gasteiger partial charge in [0.05, 0.1) is 6.04 Å². The number of hydrogen-bond donors (Lipinski definition) is 1. The molecule has 1 amide bonds. The Kier molecular flexibility index (Phi) is 6.09. The van der Waals surface area contributed by atoms with E-state index in [1.54, 1.807) is 30.7 Å². The SMILES string of the molecule is CS(=N)c1ccc(-c2ccc(C3OC(C)(C)N(C(=O)C(F)F)C3CF)cc2)cn1. The van der Waals surface area contributed by atoms with Crippen molar-refractivity contribution in [3.63, 3.8) is 0 Å². The average molecular weight is 425 g/mol. The summed E-state index contributed by atoms with van der Waals surface area (Å²) in [6, 6.07) is 9.63. The molecule has 2 heterocycles. The zero-order chi connectivity index (χ0) is 21.3. The highest BCUT2D eigenvalue weighted by atomic mass is 32.2. The fraction of sp³-hybridized carbons (Fsp3) is 0.400. The van der Waals surface area contributed by atoms with Crippen LogP contribution in [0.15, 0.2) is 47.6 Å². The summed E-state index contributed by atoms with van der Waals surface area (Å²) in [7, 11) is -0.671. The Bertz CT molecular complexity index is 904. The molecule has 5 nitrogen and oxygen atoms in total. The molecule has 1 saturated heterocycles. The van der Waals surface area contributed by atoms with E-state index in [2.05, 4.69) is 4.98 Å². The summed E-state index contributed by atoms with van der Waals surface area (Å²) in [6.07, 6.45) is -0.623. The molecule has 3 unspecified atom stereocenters. The number of carbonyl (C=O) groups excluding carboxylic acids is 1. The number of halogens is 3. The predicted molar refractivity (Wildman–Crippen MR) is 104 cm³/mol. The number of benzene rings is 1. The number of ether oxygens (including phenoxy) is 1. The van der Waals surface area contributed by atoms with Gasteiger partial charge in [0.15, 0.2) is 0 Å². The van der Waals surface area contributed by atoms with Crippen molar-refractivity contribution in [2.45, 2.75) is 43.2 Å². The van der Waals surface area contributed by atoms with Crippen LogP contribution >= 0.6 is 0 Å². The molecule has 1 aliphatic rings. The van der Waals surface area contributed by atoms with Crippen molar-refractivity contribution in [2.24, 2.45) is 0 Å². The summed E-state index contributed by atoms with van der Waals surface area (Å²) in [5.74, 6) is -1.44. The smallest absolute Gasteiger partial charge is 0.315 e. The van der Waals surface area contributed by atoms with Gasteiger partial charge in [-0.25, -0.2) is 9.37 Å². The van der Waals surface area contributed by atoms with Crippen LogP contribution in [0.2, 0.25) is 0 Å². The molecule has 1 fully saturated rings. The highest BCUT2D eigenvalue weighted by Gasteiger charge is 2.52. The third kappa shape index (κ3) is 4.20. The molecular weight excluding hydrogens is 403 g/mol. The highest BCUT2D eigenvalue weighted by molar-refractivity contribution is 7.85. The summed E-state index contributed by atoms with van der Waals surface area (Å²) in [6.45, 7) is 1.96. The Morgan fingerprint density at radius 3 is 2.34 bits per heavy atom. The number of aromatic nitrogens is 1. The number of nitrogens with one attached hydrogen (secondary N) is 1. The molecule has 0 bridgehead atoms. The maximum atomic E-state index is 13.8. The summed E-state index contributed by atoms with van der Waals surface area (Å²) in [5.41, 5.74) is 0.972. The van der Waals surface area contributed by atoms with Crippen LogP contribution < -0.4 is 0 Å². The van der Waals surface area contributed by atoms with E-state index < -0.39 is 47.6 Å². The molecule has 1 aliphatic heterocycles. The lowest BCUT2D eigenvalue weighted by Gasteiger charge is -2.32. The van der Waals surface area contributed by atoms with Gasteiger partial charge in [0.25, 0.3) is 5.91 Å². The summed E-state index contributed by atoms with van der Waals surface area (Å²) >= 11 is 0. The Hall–Kier alpha value is -2.26. The lowest BCUT2D eigenvalue weighted by Crippen LogP contribution is -2.51. The molecule has 0 aliphatic carbocycles. The minimum absolute atomic E-state index is 0.597. The third-order valence-corrected chi connectivity index (χ3v) is 5.75. The van der Waals surface area contributed by atoms with E-state index in [-0.39, 0.29) is 0 Å². The number of amides is 1. The summed E-state index contributed by atoms with van der Waals surface area (Å²) in [4.78, 5) is 17.0. The number of carbonyl (C=O) groups is 1. The fourth-order valence-corrected chi connectivity index (χ4v) is 4.04. The van der Waals surface area contributed by atoms with E-state index in [9.17, 15) is 18.0 Å². The summed E-state index contributed by atoms with van der Waals surface area (Å²) in [5, 5.41) is 0.696. The molecule has 2 aromatic rings. The van der Waals surface area contributed by atoms with Gasteiger partial charge < -0.3 is 9.64 Å². The minimum Gasteiger partial charge on any atom is -0.346 e. The van der Waals surface area contributed by atoms with E-state index in [1.807, 2.05) is 18.2 Å². The molecule has 3 atom stereocenters. The van der Waals surface area contributed by atoms with E-state index in [1.165, 1.54) is 13.8 Å². The van der Waals surface area contributed by atoms with Crippen molar-refractivity contribution in [1.29, 1.82) is 4.78 Å². The Morgan fingerprint density at radius 2 is 1.86 bits per heavy atom. The van der Waals surface area contributed by atoms with Gasteiger partial charge in [0, 0.05) is 11.8 Å². The van der Waals surface area contributed by atoms with Gasteiger partial charge in [0.1, 0.15) is 23.5 Å². The lowest BCUT2D eigenvalue weighted by molar-refractivity contribution is -0.159. The van der Waals surface area contributed by atoms with Crippen molar-refractivity contribution in [1.82, 2.24) is 9.88 Å². The molecular formula is C20H22F3N3O2S. The van der Waals surface area contributed by atoms with Crippen molar-refractivity contribution in [3.05, 3.63) is 48.2 Å². The first-order chi connectivity index (χ1) is 13.7. The molecule has 0 spiro atoms. The van der Waals surface area contributed by atoms with Crippen LogP contribution in [-0.2, 0) is 20.2 Å². The van der Waals surface area contributed by atoms with Gasteiger partial charge in [-0.2, -0.15) is 8.78 Å². The van der Waals surface area contributed by atoms with Crippen LogP contribution in [0.5, 0.6) is 0 Å². The van der Waals surface area contributed by atoms with Crippen LogP contribution in [0.1, 0.15) is 25.5 Å². The Balaban J connectivity index is 1.87. The Labute approximate surface area is 169 Å². The standard InChI is InChI=1S/C20H22F3N3O2S/c1-20(2)26(19(27)18(22)23)15(10-21)17(28-20)13-6-4-12(5-7-13)14-8-9-16(25-11-14)29(3)24/h4-9,11,15,17-18,24H,10H2,1-3H3. The Morgan fingerprint density at radius 1 is 1.24 bits per heavy atom. The van der Waals surface area contributed by atoms with Crippen LogP contribution in [0.3, 0.4) is 0 Å². The van der Waals surface area contributed by atoms with Gasteiger partial charge in [-0.3, -0.25) is 9.57 Å². The van der Waals surface area contributed by atoms with Gasteiger partial charge in [-0.1, -0.05) is 41.0 Å². The summed E-state index contributed by atoms with van der Waals surface area (Å²) < 4.78 is 53.3. The second-order valence-corrected chi connectivity index (χ2v) is 8.67. The predicted octanol–water partition coefficient (Wildman–Crippen LogP) is 4.36. The first kappa shape index (κ1) is 21.4. The maximum absolute atomic E-state index is 13.8. The normalized spacial score (nSPS) is 22.1. The van der Waals surface area contributed by atoms with Gasteiger partial charge in [-0.15, -0.1) is 0 Å². The average Bonchev–Trinajstić information content (AvgIpc) is 2.97. The zero-order valence-electron chi connectivity index (χ0n) is 16.2. The number of alkyl halides is 3. The zero-order valence-corrected chi connectivity index (χ0v) is 17.1. The van der Waals surface area contributed by atoms with Crippen molar-refractivity contribution in [2.75, 3.05) is 12.9 Å². The van der Waals surface area contributed by atoms with Gasteiger partial charge in [0.2, 0.25) is 0 Å². The first-order valence-corrected chi connectivity index (χ1v) is 10.6. The van der Waals surface area contributed by atoms with Crippen LogP contribution in [0.4, 0.5) is 13.2 Å². The van der Waals surface area contributed by atoms with Gasteiger partial charge >= 0.3 is 6.43 Å². The van der Waals surface area contributed by atoms with E-state index in [4.69, 9.17) is 9.52 Å². The van der Waals surface area contributed by atoms with E-state index in [0.717, 1.165) is 16.0 Å². The third-order valence-electron chi connectivity index (χ3n) is 4.88. The lowest BCUT2D eigenvalue weighted by atomic mass is 9.99. The van der Waals surface area contributed by atoms with Crippen molar-refractivity contribution >= 4 is 16.6 Å². The highest BCUT2D eigenvalue weighted by Crippen LogP contribution is 2.42. The molecule has 29 heavy (non-hydrogen) atoms. The number of hydrogen-bond acceptors (Lipinski definition) is 4. The van der Waals surface area contributed by atoms with Crippen LogP contribution in [-0.4, -0.2) is 46.9 Å². The molecule has 3 rings (SSSR count). The minimum atomic E-state index is -3.23.